The molecule has 0 aliphatic heterocycles. The van der Waals surface area contributed by atoms with E-state index in [1.54, 1.807) is 36.7 Å². The van der Waals surface area contributed by atoms with Gasteiger partial charge in [0.1, 0.15) is 5.69 Å². The Morgan fingerprint density at radius 1 is 1.41 bits per heavy atom. The second-order valence-corrected chi connectivity index (χ2v) is 5.93. The lowest BCUT2D eigenvalue weighted by atomic mass is 9.83. The van der Waals surface area contributed by atoms with Gasteiger partial charge in [0.2, 0.25) is 0 Å². The molecule has 2 rings (SSSR count). The van der Waals surface area contributed by atoms with E-state index in [1.807, 2.05) is 0 Å². The molecule has 3 N–H and O–H groups in total. The van der Waals surface area contributed by atoms with E-state index >= 15 is 0 Å². The van der Waals surface area contributed by atoms with Crippen LogP contribution < -0.4 is 11.1 Å². The molecule has 0 unspecified atom stereocenters. The van der Waals surface area contributed by atoms with Crippen molar-refractivity contribution in [3.63, 3.8) is 0 Å². The van der Waals surface area contributed by atoms with E-state index in [1.165, 1.54) is 17.5 Å². The highest BCUT2D eigenvalue weighted by atomic mass is 32.1. The van der Waals surface area contributed by atoms with E-state index in [0.29, 0.717) is 16.8 Å². The number of primary amides is 1. The van der Waals surface area contributed by atoms with Gasteiger partial charge in [0.25, 0.3) is 11.8 Å². The normalized spacial score (nSPS) is 10.8. The molecule has 2 amide bonds. The Morgan fingerprint density at radius 2 is 2.14 bits per heavy atom. The number of thiophene rings is 1. The van der Waals surface area contributed by atoms with E-state index < -0.39 is 11.3 Å². The van der Waals surface area contributed by atoms with Crippen molar-refractivity contribution in [2.45, 2.75) is 19.3 Å². The molecule has 0 saturated heterocycles. The third-order valence-corrected chi connectivity index (χ3v) is 3.80. The van der Waals surface area contributed by atoms with Crippen LogP contribution in [0.2, 0.25) is 0 Å². The average molecular weight is 314 g/mol. The van der Waals surface area contributed by atoms with Crippen LogP contribution in [-0.2, 0) is 5.41 Å². The largest absolute Gasteiger partial charge is 0.364 e. The molecule has 0 atom stereocenters. The Labute approximate surface area is 131 Å². The standard InChI is InChI=1S/C15H14N4O2S/c1-15(2,8-16)11-10(3-5-18-12(11)13(17)20)19-14(21)9-4-6-22-7-9/h3-7H,1-2H3,(H2,17,20)(H,18,19,21). The van der Waals surface area contributed by atoms with Crippen molar-refractivity contribution in [3.05, 3.63) is 45.9 Å². The van der Waals surface area contributed by atoms with Gasteiger partial charge < -0.3 is 11.1 Å². The molecule has 0 fully saturated rings. The van der Waals surface area contributed by atoms with Gasteiger partial charge in [-0.1, -0.05) is 0 Å². The van der Waals surface area contributed by atoms with Gasteiger partial charge in [-0.25, -0.2) is 0 Å². The summed E-state index contributed by atoms with van der Waals surface area (Å²) in [6.45, 7) is 3.27. The monoisotopic (exact) mass is 314 g/mol. The Bertz CT molecular complexity index is 760. The van der Waals surface area contributed by atoms with Crippen molar-refractivity contribution < 1.29 is 9.59 Å². The number of nitriles is 1. The molecule has 0 aromatic carbocycles. The van der Waals surface area contributed by atoms with Crippen molar-refractivity contribution in [1.82, 2.24) is 4.98 Å². The molecule has 0 radical (unpaired) electrons. The molecular weight excluding hydrogens is 300 g/mol. The lowest BCUT2D eigenvalue weighted by Gasteiger charge is -2.22. The molecule has 6 nitrogen and oxygen atoms in total. The number of hydrogen-bond acceptors (Lipinski definition) is 5. The SMILES string of the molecule is CC(C)(C#N)c1c(NC(=O)c2ccsc2)ccnc1C(N)=O. The molecule has 0 aliphatic carbocycles. The number of nitrogens with two attached hydrogens (primary N) is 1. The van der Waals surface area contributed by atoms with Crippen LogP contribution in [0.3, 0.4) is 0 Å². The topological polar surface area (TPSA) is 109 Å². The summed E-state index contributed by atoms with van der Waals surface area (Å²) in [5.41, 5.74) is 5.46. The fourth-order valence-electron chi connectivity index (χ4n) is 2.03. The lowest BCUT2D eigenvalue weighted by Crippen LogP contribution is -2.26. The first kappa shape index (κ1) is 15.7. The van der Waals surface area contributed by atoms with E-state index in [0.717, 1.165) is 0 Å². The molecule has 112 valence electrons. The van der Waals surface area contributed by atoms with Gasteiger partial charge in [-0.15, -0.1) is 0 Å². The summed E-state index contributed by atoms with van der Waals surface area (Å²) in [7, 11) is 0. The predicted octanol–water partition coefficient (Wildman–Crippen LogP) is 2.30. The Kier molecular flexibility index (Phi) is 4.24. The summed E-state index contributed by atoms with van der Waals surface area (Å²) < 4.78 is 0. The van der Waals surface area contributed by atoms with Crippen LogP contribution in [0.4, 0.5) is 5.69 Å². The third-order valence-electron chi connectivity index (χ3n) is 3.12. The van der Waals surface area contributed by atoms with Gasteiger partial charge >= 0.3 is 0 Å². The second kappa shape index (κ2) is 5.95. The molecular formula is C15H14N4O2S. The van der Waals surface area contributed by atoms with Crippen molar-refractivity contribution in [2.75, 3.05) is 5.32 Å². The fraction of sp³-hybridized carbons (Fsp3) is 0.200. The number of aromatic nitrogens is 1. The van der Waals surface area contributed by atoms with Crippen LogP contribution in [0.25, 0.3) is 0 Å². The van der Waals surface area contributed by atoms with Crippen molar-refractivity contribution in [2.24, 2.45) is 5.73 Å². The Balaban J connectivity index is 2.52. The maximum atomic E-state index is 12.2. The lowest BCUT2D eigenvalue weighted by molar-refractivity contribution is 0.0990. The van der Waals surface area contributed by atoms with E-state index in [-0.39, 0.29) is 11.6 Å². The van der Waals surface area contributed by atoms with Crippen molar-refractivity contribution in [1.29, 1.82) is 5.26 Å². The number of nitrogens with zero attached hydrogens (tertiary/aromatic N) is 2. The molecule has 0 spiro atoms. The molecule has 2 heterocycles. The van der Waals surface area contributed by atoms with Gasteiger partial charge in [-0.2, -0.15) is 16.6 Å². The second-order valence-electron chi connectivity index (χ2n) is 5.15. The summed E-state index contributed by atoms with van der Waals surface area (Å²) >= 11 is 1.40. The van der Waals surface area contributed by atoms with E-state index in [9.17, 15) is 14.9 Å². The van der Waals surface area contributed by atoms with Crippen LogP contribution >= 0.6 is 11.3 Å². The Hall–Kier alpha value is -2.72. The van der Waals surface area contributed by atoms with Gasteiger partial charge in [0.05, 0.1) is 17.0 Å². The number of pyridine rings is 1. The summed E-state index contributed by atoms with van der Waals surface area (Å²) in [5.74, 6) is -1.07. The maximum absolute atomic E-state index is 12.2. The van der Waals surface area contributed by atoms with Crippen LogP contribution in [0.1, 0.15) is 40.3 Å². The van der Waals surface area contributed by atoms with Crippen LogP contribution in [0, 0.1) is 11.3 Å². The first-order valence-electron chi connectivity index (χ1n) is 6.41. The summed E-state index contributed by atoms with van der Waals surface area (Å²) in [6, 6.07) is 5.34. The van der Waals surface area contributed by atoms with Crippen LogP contribution in [0.5, 0.6) is 0 Å². The van der Waals surface area contributed by atoms with Crippen LogP contribution in [0.15, 0.2) is 29.1 Å². The molecule has 2 aromatic heterocycles. The number of amides is 2. The van der Waals surface area contributed by atoms with Crippen molar-refractivity contribution >= 4 is 28.8 Å². The van der Waals surface area contributed by atoms with E-state index in [4.69, 9.17) is 5.73 Å². The van der Waals surface area contributed by atoms with Gasteiger partial charge in [-0.05, 0) is 31.4 Å². The summed E-state index contributed by atoms with van der Waals surface area (Å²) in [4.78, 5) is 27.7. The molecule has 22 heavy (non-hydrogen) atoms. The molecule has 7 heteroatoms. The van der Waals surface area contributed by atoms with Gasteiger partial charge in [-0.3, -0.25) is 14.6 Å². The first-order valence-corrected chi connectivity index (χ1v) is 7.35. The predicted molar refractivity (Wildman–Crippen MR) is 83.7 cm³/mol. The number of carbonyl (C=O) groups excluding carboxylic acids is 2. The Morgan fingerprint density at radius 3 is 2.68 bits per heavy atom. The highest BCUT2D eigenvalue weighted by Crippen LogP contribution is 2.32. The van der Waals surface area contributed by atoms with Gasteiger partial charge in [0, 0.05) is 22.8 Å². The quantitative estimate of drug-likeness (QED) is 0.902. The summed E-state index contributed by atoms with van der Waals surface area (Å²) in [6.07, 6.45) is 1.38. The summed E-state index contributed by atoms with van der Waals surface area (Å²) in [5, 5.41) is 15.6. The fourth-order valence-corrected chi connectivity index (χ4v) is 2.67. The minimum absolute atomic E-state index is 0.0188. The molecule has 0 saturated carbocycles. The van der Waals surface area contributed by atoms with Crippen LogP contribution in [-0.4, -0.2) is 16.8 Å². The maximum Gasteiger partial charge on any atom is 0.267 e. The number of anilines is 1. The highest BCUT2D eigenvalue weighted by molar-refractivity contribution is 7.08. The minimum atomic E-state index is -1.03. The number of rotatable bonds is 4. The highest BCUT2D eigenvalue weighted by Gasteiger charge is 2.30. The number of carbonyl (C=O) groups is 2. The molecule has 0 aliphatic rings. The smallest absolute Gasteiger partial charge is 0.267 e. The number of hydrogen-bond donors (Lipinski definition) is 2. The van der Waals surface area contributed by atoms with Gasteiger partial charge in [0.15, 0.2) is 0 Å². The van der Waals surface area contributed by atoms with Crippen molar-refractivity contribution in [3.8, 4) is 6.07 Å². The minimum Gasteiger partial charge on any atom is -0.364 e. The average Bonchev–Trinajstić information content (AvgIpc) is 3.01. The molecule has 2 aromatic rings. The zero-order valence-corrected chi connectivity index (χ0v) is 12.9. The zero-order valence-electron chi connectivity index (χ0n) is 12.1. The molecule has 0 bridgehead atoms. The zero-order chi connectivity index (χ0) is 16.3. The third kappa shape index (κ3) is 2.97. The first-order chi connectivity index (χ1) is 10.4. The van der Waals surface area contributed by atoms with E-state index in [2.05, 4.69) is 16.4 Å². The number of nitrogens with one attached hydrogen (secondary N) is 1.